The van der Waals surface area contributed by atoms with Gasteiger partial charge in [0.1, 0.15) is 6.17 Å². The fourth-order valence-corrected chi connectivity index (χ4v) is 2.38. The third-order valence-corrected chi connectivity index (χ3v) is 3.52. The standard InChI is InChI=1S/C18H18N2/c1-14-8-10-17(11-9-14)20-13-12-18(19-15(20)2)16-6-4-3-5-7-16/h3-13,15H,1-2H3. The van der Waals surface area contributed by atoms with Gasteiger partial charge in [-0.15, -0.1) is 0 Å². The first-order valence-electron chi connectivity index (χ1n) is 6.90. The van der Waals surface area contributed by atoms with E-state index in [1.165, 1.54) is 16.8 Å². The van der Waals surface area contributed by atoms with Crippen molar-refractivity contribution >= 4 is 11.4 Å². The summed E-state index contributed by atoms with van der Waals surface area (Å²) in [6.45, 7) is 4.22. The highest BCUT2D eigenvalue weighted by Crippen LogP contribution is 2.22. The molecule has 3 rings (SSSR count). The third-order valence-electron chi connectivity index (χ3n) is 3.52. The van der Waals surface area contributed by atoms with Gasteiger partial charge in [-0.1, -0.05) is 48.0 Å². The minimum Gasteiger partial charge on any atom is -0.326 e. The average Bonchev–Trinajstić information content (AvgIpc) is 2.49. The van der Waals surface area contributed by atoms with Crippen LogP contribution in [0.4, 0.5) is 5.69 Å². The number of aryl methyl sites for hydroxylation is 1. The maximum atomic E-state index is 4.79. The van der Waals surface area contributed by atoms with Gasteiger partial charge in [0.05, 0.1) is 5.71 Å². The van der Waals surface area contributed by atoms with Crippen LogP contribution in [0, 0.1) is 6.92 Å². The van der Waals surface area contributed by atoms with Crippen LogP contribution in [0.25, 0.3) is 0 Å². The number of rotatable bonds is 2. The summed E-state index contributed by atoms with van der Waals surface area (Å²) in [6, 6.07) is 18.8. The number of hydrogen-bond acceptors (Lipinski definition) is 2. The molecule has 100 valence electrons. The van der Waals surface area contributed by atoms with Crippen molar-refractivity contribution in [3.8, 4) is 0 Å². The quantitative estimate of drug-likeness (QED) is 0.793. The van der Waals surface area contributed by atoms with E-state index in [0.29, 0.717) is 0 Å². The Balaban J connectivity index is 1.86. The lowest BCUT2D eigenvalue weighted by Crippen LogP contribution is -2.30. The smallest absolute Gasteiger partial charge is 0.122 e. The molecule has 0 spiro atoms. The SMILES string of the molecule is Cc1ccc(N2C=CC(c3ccccc3)=NC2C)cc1. The Morgan fingerprint density at radius 3 is 2.30 bits per heavy atom. The number of allylic oxidation sites excluding steroid dienone is 1. The Labute approximate surface area is 120 Å². The Bertz CT molecular complexity index is 639. The summed E-state index contributed by atoms with van der Waals surface area (Å²) in [5.74, 6) is 0. The molecular weight excluding hydrogens is 244 g/mol. The zero-order valence-corrected chi connectivity index (χ0v) is 11.8. The lowest BCUT2D eigenvalue weighted by molar-refractivity contribution is 0.741. The van der Waals surface area contributed by atoms with E-state index in [9.17, 15) is 0 Å². The first-order chi connectivity index (χ1) is 9.74. The molecule has 0 saturated carbocycles. The fraction of sp³-hybridized carbons (Fsp3) is 0.167. The highest BCUT2D eigenvalue weighted by atomic mass is 15.2. The molecule has 1 atom stereocenters. The van der Waals surface area contributed by atoms with Gasteiger partial charge in [-0.2, -0.15) is 0 Å². The first kappa shape index (κ1) is 12.7. The van der Waals surface area contributed by atoms with E-state index < -0.39 is 0 Å². The number of nitrogens with zero attached hydrogens (tertiary/aromatic N) is 2. The van der Waals surface area contributed by atoms with Crippen molar-refractivity contribution in [1.29, 1.82) is 0 Å². The summed E-state index contributed by atoms with van der Waals surface area (Å²) >= 11 is 0. The van der Waals surface area contributed by atoms with E-state index in [-0.39, 0.29) is 6.17 Å². The van der Waals surface area contributed by atoms with Crippen LogP contribution < -0.4 is 4.90 Å². The Morgan fingerprint density at radius 1 is 0.950 bits per heavy atom. The Morgan fingerprint density at radius 2 is 1.65 bits per heavy atom. The van der Waals surface area contributed by atoms with E-state index in [1.54, 1.807) is 0 Å². The predicted octanol–water partition coefficient (Wildman–Crippen LogP) is 4.16. The minimum absolute atomic E-state index is 0.109. The largest absolute Gasteiger partial charge is 0.326 e. The highest BCUT2D eigenvalue weighted by molar-refractivity contribution is 6.09. The maximum absolute atomic E-state index is 4.79. The molecule has 2 aromatic rings. The molecule has 1 aliphatic rings. The molecule has 2 heteroatoms. The van der Waals surface area contributed by atoms with Gasteiger partial charge < -0.3 is 4.90 Å². The molecule has 0 aromatic heterocycles. The molecule has 1 aliphatic heterocycles. The van der Waals surface area contributed by atoms with Crippen molar-refractivity contribution in [3.05, 3.63) is 78.0 Å². The zero-order valence-electron chi connectivity index (χ0n) is 11.8. The summed E-state index contributed by atoms with van der Waals surface area (Å²) in [5.41, 5.74) is 4.66. The Kier molecular flexibility index (Phi) is 3.38. The van der Waals surface area contributed by atoms with E-state index in [2.05, 4.69) is 67.4 Å². The van der Waals surface area contributed by atoms with Gasteiger partial charge in [0.2, 0.25) is 0 Å². The van der Waals surface area contributed by atoms with Gasteiger partial charge in [0.15, 0.2) is 0 Å². The second-order valence-corrected chi connectivity index (χ2v) is 5.07. The van der Waals surface area contributed by atoms with Crippen molar-refractivity contribution in [1.82, 2.24) is 0 Å². The lowest BCUT2D eigenvalue weighted by Gasteiger charge is -2.28. The summed E-state index contributed by atoms with van der Waals surface area (Å²) in [6.07, 6.45) is 4.30. The molecule has 20 heavy (non-hydrogen) atoms. The molecule has 1 heterocycles. The number of aliphatic imine (C=N–C) groups is 1. The van der Waals surface area contributed by atoms with Crippen LogP contribution in [0.5, 0.6) is 0 Å². The van der Waals surface area contributed by atoms with Crippen LogP contribution in [0.3, 0.4) is 0 Å². The molecule has 0 radical (unpaired) electrons. The summed E-state index contributed by atoms with van der Waals surface area (Å²) in [4.78, 5) is 6.97. The van der Waals surface area contributed by atoms with E-state index in [4.69, 9.17) is 4.99 Å². The minimum atomic E-state index is 0.109. The van der Waals surface area contributed by atoms with Crippen molar-refractivity contribution in [3.63, 3.8) is 0 Å². The normalized spacial score (nSPS) is 18.0. The third kappa shape index (κ3) is 2.50. The molecule has 0 N–H and O–H groups in total. The fourth-order valence-electron chi connectivity index (χ4n) is 2.38. The number of hydrogen-bond donors (Lipinski definition) is 0. The summed E-state index contributed by atoms with van der Waals surface area (Å²) in [7, 11) is 0. The highest BCUT2D eigenvalue weighted by Gasteiger charge is 2.16. The van der Waals surface area contributed by atoms with Gasteiger partial charge in [0, 0.05) is 11.9 Å². The maximum Gasteiger partial charge on any atom is 0.122 e. The van der Waals surface area contributed by atoms with Crippen molar-refractivity contribution < 1.29 is 0 Å². The zero-order chi connectivity index (χ0) is 13.9. The van der Waals surface area contributed by atoms with E-state index >= 15 is 0 Å². The summed E-state index contributed by atoms with van der Waals surface area (Å²) in [5, 5.41) is 0. The molecule has 1 unspecified atom stereocenters. The van der Waals surface area contributed by atoms with Gasteiger partial charge in [-0.3, -0.25) is 4.99 Å². The molecule has 0 aliphatic carbocycles. The molecule has 0 bridgehead atoms. The van der Waals surface area contributed by atoms with Gasteiger partial charge >= 0.3 is 0 Å². The van der Waals surface area contributed by atoms with Crippen LogP contribution in [0.2, 0.25) is 0 Å². The lowest BCUT2D eigenvalue weighted by atomic mass is 10.1. The molecule has 0 amide bonds. The van der Waals surface area contributed by atoms with Crippen molar-refractivity contribution in [2.45, 2.75) is 20.0 Å². The van der Waals surface area contributed by atoms with Crippen molar-refractivity contribution in [2.24, 2.45) is 4.99 Å². The average molecular weight is 262 g/mol. The topological polar surface area (TPSA) is 15.6 Å². The Hall–Kier alpha value is -2.35. The van der Waals surface area contributed by atoms with Crippen LogP contribution >= 0.6 is 0 Å². The molecular formula is C18H18N2. The monoisotopic (exact) mass is 262 g/mol. The molecule has 2 nitrogen and oxygen atoms in total. The van der Waals surface area contributed by atoms with Gasteiger partial charge in [-0.05, 0) is 37.6 Å². The second-order valence-electron chi connectivity index (χ2n) is 5.07. The predicted molar refractivity (Wildman–Crippen MR) is 85.2 cm³/mol. The van der Waals surface area contributed by atoms with E-state index in [1.807, 2.05) is 18.2 Å². The van der Waals surface area contributed by atoms with Crippen LogP contribution in [0.1, 0.15) is 18.1 Å². The number of benzene rings is 2. The summed E-state index contributed by atoms with van der Waals surface area (Å²) < 4.78 is 0. The second kappa shape index (κ2) is 5.33. The van der Waals surface area contributed by atoms with Crippen LogP contribution in [-0.4, -0.2) is 11.9 Å². The van der Waals surface area contributed by atoms with Crippen LogP contribution in [0.15, 0.2) is 71.9 Å². The number of anilines is 1. The van der Waals surface area contributed by atoms with Gasteiger partial charge in [-0.25, -0.2) is 0 Å². The van der Waals surface area contributed by atoms with Crippen LogP contribution in [-0.2, 0) is 0 Å². The van der Waals surface area contributed by atoms with E-state index in [0.717, 1.165) is 5.71 Å². The first-order valence-corrected chi connectivity index (χ1v) is 6.90. The van der Waals surface area contributed by atoms with Crippen molar-refractivity contribution in [2.75, 3.05) is 4.90 Å². The molecule has 2 aromatic carbocycles. The molecule has 0 saturated heterocycles. The van der Waals surface area contributed by atoms with Gasteiger partial charge in [0.25, 0.3) is 0 Å². The molecule has 0 fully saturated rings.